The second kappa shape index (κ2) is 9.00. The predicted molar refractivity (Wildman–Crippen MR) is 137 cm³/mol. The van der Waals surface area contributed by atoms with Crippen LogP contribution in [-0.4, -0.2) is 73.1 Å². The molecule has 0 saturated carbocycles. The molecule has 10 heteroatoms. The van der Waals surface area contributed by atoms with Crippen LogP contribution in [0.5, 0.6) is 0 Å². The average Bonchev–Trinajstić information content (AvgIpc) is 3.57. The predicted octanol–water partition coefficient (Wildman–Crippen LogP) is 2.81. The van der Waals surface area contributed by atoms with Crippen LogP contribution in [-0.2, 0) is 22.6 Å². The van der Waals surface area contributed by atoms with Gasteiger partial charge in [0.2, 0.25) is 11.8 Å². The van der Waals surface area contributed by atoms with Crippen LogP contribution in [0, 0.1) is 6.92 Å². The fourth-order valence-electron chi connectivity index (χ4n) is 6.34. The minimum absolute atomic E-state index is 0.00639. The number of piperidine rings is 1. The maximum absolute atomic E-state index is 13.6. The molecule has 6 rings (SSSR count). The van der Waals surface area contributed by atoms with Crippen LogP contribution < -0.4 is 5.32 Å². The second-order valence-electron chi connectivity index (χ2n) is 11.0. The van der Waals surface area contributed by atoms with E-state index in [1.54, 1.807) is 4.90 Å². The summed E-state index contributed by atoms with van der Waals surface area (Å²) in [6.07, 6.45) is 6.40. The summed E-state index contributed by atoms with van der Waals surface area (Å²) in [6.45, 7) is 8.47. The van der Waals surface area contributed by atoms with Crippen LogP contribution in [0.15, 0.2) is 18.5 Å². The molecule has 5 heterocycles. The molecular formula is C27H33N7O3. The molecule has 2 aromatic heterocycles. The monoisotopic (exact) mass is 503 g/mol. The van der Waals surface area contributed by atoms with Crippen molar-refractivity contribution in [3.8, 4) is 0 Å². The number of fused-ring (bicyclic) bond motifs is 4. The van der Waals surface area contributed by atoms with Gasteiger partial charge in [0.25, 0.3) is 0 Å². The summed E-state index contributed by atoms with van der Waals surface area (Å²) in [5.41, 5.74) is 5.91. The zero-order valence-electron chi connectivity index (χ0n) is 21.6. The smallest absolute Gasteiger partial charge is 0.324 e. The minimum Gasteiger partial charge on any atom is -0.343 e. The summed E-state index contributed by atoms with van der Waals surface area (Å²) in [6, 6.07) is 1.91. The van der Waals surface area contributed by atoms with Crippen molar-refractivity contribution >= 4 is 28.7 Å². The number of urea groups is 1. The average molecular weight is 504 g/mol. The molecule has 194 valence electrons. The molecule has 4 amide bonds. The molecule has 0 unspecified atom stereocenters. The molecule has 3 aliphatic heterocycles. The Labute approximate surface area is 215 Å². The molecule has 0 radical (unpaired) electrons. The van der Waals surface area contributed by atoms with Gasteiger partial charge in [0, 0.05) is 48.7 Å². The molecular weight excluding hydrogens is 470 g/mol. The Morgan fingerprint density at radius 2 is 1.95 bits per heavy atom. The lowest BCUT2D eigenvalue weighted by Gasteiger charge is -2.36. The van der Waals surface area contributed by atoms with Crippen molar-refractivity contribution in [2.45, 2.75) is 70.9 Å². The maximum atomic E-state index is 13.6. The molecule has 2 fully saturated rings. The number of aromatic nitrogens is 4. The zero-order valence-corrected chi connectivity index (χ0v) is 21.6. The van der Waals surface area contributed by atoms with Crippen molar-refractivity contribution in [3.63, 3.8) is 0 Å². The van der Waals surface area contributed by atoms with Gasteiger partial charge in [-0.15, -0.1) is 0 Å². The number of H-pyrrole nitrogens is 1. The molecule has 1 atom stereocenters. The van der Waals surface area contributed by atoms with Gasteiger partial charge in [-0.25, -0.2) is 9.78 Å². The van der Waals surface area contributed by atoms with Crippen molar-refractivity contribution in [2.24, 2.45) is 0 Å². The first-order chi connectivity index (χ1) is 17.8. The van der Waals surface area contributed by atoms with Crippen LogP contribution >= 0.6 is 0 Å². The standard InChI is InChI=1S/C27H33N7O3/c1-15(2)22-12-28-26-18(9-17-8-16(3)25-20(11-29-31-25)21(17)13-34(22)26)10-24(36)32-6-4-19(5-7-32)33-14-23(35)30-27(33)37/h8,11-12,15,18-19H,4-7,9-10,13-14H2,1-3H3,(H,29,31)(H,30,35,37)/t18-/m0/s1. The van der Waals surface area contributed by atoms with E-state index in [0.717, 1.165) is 35.3 Å². The molecule has 10 nitrogen and oxygen atoms in total. The van der Waals surface area contributed by atoms with Gasteiger partial charge in [0.05, 0.1) is 18.3 Å². The summed E-state index contributed by atoms with van der Waals surface area (Å²) >= 11 is 0. The lowest BCUT2D eigenvalue weighted by atomic mass is 9.90. The van der Waals surface area contributed by atoms with E-state index in [1.807, 2.05) is 17.3 Å². The first-order valence-corrected chi connectivity index (χ1v) is 13.2. The highest BCUT2D eigenvalue weighted by Crippen LogP contribution is 2.36. The van der Waals surface area contributed by atoms with Crippen LogP contribution in [0.3, 0.4) is 0 Å². The lowest BCUT2D eigenvalue weighted by Crippen LogP contribution is -2.48. The normalized spacial score (nSPS) is 20.4. The summed E-state index contributed by atoms with van der Waals surface area (Å²) in [5.74, 6) is 1.14. The maximum Gasteiger partial charge on any atom is 0.324 e. The van der Waals surface area contributed by atoms with Gasteiger partial charge in [0.1, 0.15) is 12.4 Å². The van der Waals surface area contributed by atoms with Crippen LogP contribution in [0.2, 0.25) is 0 Å². The van der Waals surface area contributed by atoms with E-state index >= 15 is 0 Å². The summed E-state index contributed by atoms with van der Waals surface area (Å²) in [4.78, 5) is 45.6. The first kappa shape index (κ1) is 23.7. The van der Waals surface area contributed by atoms with E-state index in [2.05, 4.69) is 46.9 Å². The van der Waals surface area contributed by atoms with E-state index in [-0.39, 0.29) is 36.3 Å². The number of nitrogens with one attached hydrogen (secondary N) is 2. The molecule has 37 heavy (non-hydrogen) atoms. The first-order valence-electron chi connectivity index (χ1n) is 13.2. The van der Waals surface area contributed by atoms with Crippen molar-refractivity contribution < 1.29 is 14.4 Å². The molecule has 0 bridgehead atoms. The lowest BCUT2D eigenvalue weighted by molar-refractivity contribution is -0.133. The quantitative estimate of drug-likeness (QED) is 0.531. The number of carbonyl (C=O) groups is 3. The van der Waals surface area contributed by atoms with Gasteiger partial charge in [-0.3, -0.25) is 20.0 Å². The number of imide groups is 1. The number of carbonyl (C=O) groups excluding carboxylic acids is 3. The number of aromatic amines is 1. The second-order valence-corrected chi connectivity index (χ2v) is 11.0. The van der Waals surface area contributed by atoms with Crippen LogP contribution in [0.25, 0.3) is 10.9 Å². The van der Waals surface area contributed by atoms with E-state index in [4.69, 9.17) is 4.98 Å². The van der Waals surface area contributed by atoms with E-state index in [0.29, 0.717) is 38.3 Å². The highest BCUT2D eigenvalue weighted by Gasteiger charge is 2.36. The number of imidazole rings is 1. The topological polar surface area (TPSA) is 116 Å². The molecule has 1 aromatic carbocycles. The van der Waals surface area contributed by atoms with Gasteiger partial charge in [-0.1, -0.05) is 19.9 Å². The van der Waals surface area contributed by atoms with Crippen molar-refractivity contribution in [3.05, 3.63) is 46.7 Å². The molecule has 0 aliphatic carbocycles. The number of hydrogen-bond acceptors (Lipinski definition) is 5. The highest BCUT2D eigenvalue weighted by atomic mass is 16.2. The third kappa shape index (κ3) is 4.08. The van der Waals surface area contributed by atoms with Gasteiger partial charge in [-0.2, -0.15) is 5.10 Å². The Bertz CT molecular complexity index is 1400. The fourth-order valence-corrected chi connectivity index (χ4v) is 6.34. The number of benzene rings is 1. The van der Waals surface area contributed by atoms with Gasteiger partial charge in [0.15, 0.2) is 0 Å². The Kier molecular flexibility index (Phi) is 5.77. The number of likely N-dealkylation sites (tertiary alicyclic amines) is 1. The number of amides is 4. The zero-order chi connectivity index (χ0) is 25.8. The SMILES string of the molecule is Cc1cc2c(c3cn[nH]c13)Cn1c(C(C)C)cnc1[C@H](CC(=O)N1CCC(N3CC(=O)NC3=O)CC1)C2. The van der Waals surface area contributed by atoms with Gasteiger partial charge >= 0.3 is 6.03 Å². The molecule has 3 aromatic rings. The van der Waals surface area contributed by atoms with Crippen molar-refractivity contribution in [2.75, 3.05) is 19.6 Å². The highest BCUT2D eigenvalue weighted by molar-refractivity contribution is 6.02. The van der Waals surface area contributed by atoms with Gasteiger partial charge < -0.3 is 14.4 Å². The van der Waals surface area contributed by atoms with E-state index in [9.17, 15) is 14.4 Å². The molecule has 3 aliphatic rings. The minimum atomic E-state index is -0.318. The Morgan fingerprint density at radius 1 is 1.16 bits per heavy atom. The summed E-state index contributed by atoms with van der Waals surface area (Å²) < 4.78 is 2.31. The van der Waals surface area contributed by atoms with Crippen molar-refractivity contribution in [1.82, 2.24) is 34.9 Å². The molecule has 2 saturated heterocycles. The third-order valence-corrected chi connectivity index (χ3v) is 8.29. The summed E-state index contributed by atoms with van der Waals surface area (Å²) in [7, 11) is 0. The van der Waals surface area contributed by atoms with Crippen LogP contribution in [0.4, 0.5) is 4.79 Å². The Morgan fingerprint density at radius 3 is 2.65 bits per heavy atom. The van der Waals surface area contributed by atoms with E-state index < -0.39 is 0 Å². The molecule has 2 N–H and O–H groups in total. The molecule has 0 spiro atoms. The Balaban J connectivity index is 1.25. The van der Waals surface area contributed by atoms with Crippen LogP contribution in [0.1, 0.15) is 73.2 Å². The van der Waals surface area contributed by atoms with Crippen molar-refractivity contribution in [1.29, 1.82) is 0 Å². The number of nitrogens with zero attached hydrogens (tertiary/aromatic N) is 5. The number of hydrogen-bond donors (Lipinski definition) is 2. The largest absolute Gasteiger partial charge is 0.343 e. The van der Waals surface area contributed by atoms with E-state index in [1.165, 1.54) is 16.8 Å². The van der Waals surface area contributed by atoms with Gasteiger partial charge in [-0.05, 0) is 48.8 Å². The number of rotatable bonds is 4. The Hall–Kier alpha value is -3.69. The summed E-state index contributed by atoms with van der Waals surface area (Å²) in [5, 5.41) is 11.0. The fraction of sp³-hybridized carbons (Fsp3) is 0.519. The number of aryl methyl sites for hydroxylation is 1. The third-order valence-electron chi connectivity index (χ3n) is 8.29.